The van der Waals surface area contributed by atoms with E-state index in [-0.39, 0.29) is 17.0 Å². The number of alkyl halides is 3. The normalized spacial score (nSPS) is 11.3. The van der Waals surface area contributed by atoms with Crippen molar-refractivity contribution in [2.45, 2.75) is 20.0 Å². The van der Waals surface area contributed by atoms with Gasteiger partial charge in [-0.3, -0.25) is 4.79 Å². The first-order chi connectivity index (χ1) is 14.1. The Morgan fingerprint density at radius 3 is 2.33 bits per heavy atom. The number of carbonyl (C=O) groups excluding carboxylic acids is 1. The van der Waals surface area contributed by atoms with Crippen molar-refractivity contribution in [1.29, 1.82) is 0 Å². The Hall–Kier alpha value is -3.49. The van der Waals surface area contributed by atoms with Crippen LogP contribution in [0.15, 0.2) is 48.7 Å². The van der Waals surface area contributed by atoms with E-state index in [9.17, 15) is 26.7 Å². The van der Waals surface area contributed by atoms with Gasteiger partial charge in [0, 0.05) is 11.9 Å². The van der Waals surface area contributed by atoms with Gasteiger partial charge in [-0.15, -0.1) is 0 Å². The zero-order valence-corrected chi connectivity index (χ0v) is 15.8. The summed E-state index contributed by atoms with van der Waals surface area (Å²) < 4.78 is 72.5. The molecule has 0 aliphatic rings. The van der Waals surface area contributed by atoms with E-state index < -0.39 is 40.7 Å². The molecule has 1 N–H and O–H groups in total. The lowest BCUT2D eigenvalue weighted by Gasteiger charge is -2.14. The Morgan fingerprint density at radius 2 is 1.70 bits per heavy atom. The number of halogens is 5. The van der Waals surface area contributed by atoms with Crippen LogP contribution >= 0.6 is 0 Å². The number of anilines is 1. The Bertz CT molecular complexity index is 1100. The highest BCUT2D eigenvalue weighted by molar-refractivity contribution is 6.04. The SMILES string of the molecule is Cc1cnc(C(F)(F)F)c(Oc2ccc(NC(=O)c3c(F)ccc(C)c3F)cc2)c1. The second-order valence-corrected chi connectivity index (χ2v) is 6.49. The number of pyridine rings is 1. The lowest BCUT2D eigenvalue weighted by molar-refractivity contribution is -0.142. The van der Waals surface area contributed by atoms with Gasteiger partial charge in [-0.2, -0.15) is 13.2 Å². The van der Waals surface area contributed by atoms with Gasteiger partial charge in [0.2, 0.25) is 0 Å². The molecule has 4 nitrogen and oxygen atoms in total. The summed E-state index contributed by atoms with van der Waals surface area (Å²) in [7, 11) is 0. The quantitative estimate of drug-likeness (QED) is 0.522. The van der Waals surface area contributed by atoms with Crippen LogP contribution < -0.4 is 10.1 Å². The summed E-state index contributed by atoms with van der Waals surface area (Å²) in [6.45, 7) is 2.97. The van der Waals surface area contributed by atoms with Crippen molar-refractivity contribution in [2.24, 2.45) is 0 Å². The number of hydrogen-bond acceptors (Lipinski definition) is 3. The molecule has 2 aromatic carbocycles. The van der Waals surface area contributed by atoms with Crippen LogP contribution in [0.1, 0.15) is 27.2 Å². The molecule has 0 saturated heterocycles. The number of aryl methyl sites for hydroxylation is 2. The number of amides is 1. The van der Waals surface area contributed by atoms with E-state index in [0.29, 0.717) is 5.56 Å². The summed E-state index contributed by atoms with van der Waals surface area (Å²) in [5.74, 6) is -3.40. The molecule has 0 fully saturated rings. The largest absolute Gasteiger partial charge is 0.455 e. The van der Waals surface area contributed by atoms with E-state index in [4.69, 9.17) is 4.74 Å². The van der Waals surface area contributed by atoms with E-state index in [1.54, 1.807) is 6.92 Å². The Balaban J connectivity index is 1.79. The molecule has 156 valence electrons. The molecule has 0 saturated carbocycles. The topological polar surface area (TPSA) is 51.2 Å². The maximum Gasteiger partial charge on any atom is 0.437 e. The minimum atomic E-state index is -4.70. The molecule has 1 amide bonds. The zero-order valence-electron chi connectivity index (χ0n) is 15.8. The van der Waals surface area contributed by atoms with Gasteiger partial charge in [-0.25, -0.2) is 13.8 Å². The number of hydrogen-bond donors (Lipinski definition) is 1. The highest BCUT2D eigenvalue weighted by Crippen LogP contribution is 2.37. The summed E-state index contributed by atoms with van der Waals surface area (Å²) in [6, 6.07) is 8.67. The minimum absolute atomic E-state index is 0.0545. The van der Waals surface area contributed by atoms with Gasteiger partial charge in [-0.1, -0.05) is 6.07 Å². The Morgan fingerprint density at radius 1 is 1.03 bits per heavy atom. The molecule has 0 radical (unpaired) electrons. The fraction of sp³-hybridized carbons (Fsp3) is 0.143. The molecule has 0 unspecified atom stereocenters. The van der Waals surface area contributed by atoms with Crippen molar-refractivity contribution in [3.8, 4) is 11.5 Å². The van der Waals surface area contributed by atoms with Crippen LogP contribution in [0.25, 0.3) is 0 Å². The summed E-state index contributed by atoms with van der Waals surface area (Å²) in [5.41, 5.74) is -1.14. The number of rotatable bonds is 4. The minimum Gasteiger partial charge on any atom is -0.455 e. The van der Waals surface area contributed by atoms with Crippen molar-refractivity contribution in [3.05, 3.63) is 82.7 Å². The fourth-order valence-electron chi connectivity index (χ4n) is 2.62. The second-order valence-electron chi connectivity index (χ2n) is 6.49. The molecule has 0 aliphatic carbocycles. The van der Waals surface area contributed by atoms with Gasteiger partial charge in [0.1, 0.15) is 22.9 Å². The maximum absolute atomic E-state index is 14.1. The van der Waals surface area contributed by atoms with Gasteiger partial charge in [0.05, 0.1) is 0 Å². The Labute approximate surface area is 168 Å². The standard InChI is InChI=1S/C21H15F5N2O2/c1-11-9-16(19(27-10-11)21(24,25)26)30-14-6-4-13(5-7-14)28-20(29)17-15(22)8-3-12(2)18(17)23/h3-10H,1-2H3,(H,28,29). The van der Waals surface area contributed by atoms with Crippen molar-refractivity contribution >= 4 is 11.6 Å². The smallest absolute Gasteiger partial charge is 0.437 e. The molecule has 30 heavy (non-hydrogen) atoms. The molecular formula is C21H15F5N2O2. The number of benzene rings is 2. The van der Waals surface area contributed by atoms with Crippen LogP contribution in [0, 0.1) is 25.5 Å². The van der Waals surface area contributed by atoms with E-state index in [1.165, 1.54) is 43.3 Å². The first-order valence-electron chi connectivity index (χ1n) is 8.64. The molecule has 1 aromatic heterocycles. The third kappa shape index (κ3) is 4.56. The third-order valence-corrected chi connectivity index (χ3v) is 4.11. The van der Waals surface area contributed by atoms with E-state index in [1.807, 2.05) is 0 Å². The summed E-state index contributed by atoms with van der Waals surface area (Å²) in [5, 5.41) is 2.34. The monoisotopic (exact) mass is 422 g/mol. The average molecular weight is 422 g/mol. The number of carbonyl (C=O) groups is 1. The summed E-state index contributed by atoms with van der Waals surface area (Å²) in [4.78, 5) is 15.6. The van der Waals surface area contributed by atoms with E-state index in [0.717, 1.165) is 12.3 Å². The zero-order chi connectivity index (χ0) is 22.1. The second kappa shape index (κ2) is 8.10. The number of ether oxygens (including phenoxy) is 1. The average Bonchev–Trinajstić information content (AvgIpc) is 2.66. The van der Waals surface area contributed by atoms with Gasteiger partial charge in [0.15, 0.2) is 11.4 Å². The lowest BCUT2D eigenvalue weighted by atomic mass is 10.1. The fourth-order valence-corrected chi connectivity index (χ4v) is 2.62. The van der Waals surface area contributed by atoms with Crippen molar-refractivity contribution in [2.75, 3.05) is 5.32 Å². The van der Waals surface area contributed by atoms with Crippen LogP contribution in [0.3, 0.4) is 0 Å². The van der Waals surface area contributed by atoms with Gasteiger partial charge < -0.3 is 10.1 Å². The first kappa shape index (κ1) is 21.2. The van der Waals surface area contributed by atoms with Crippen LogP contribution in [0.2, 0.25) is 0 Å². The predicted molar refractivity (Wildman–Crippen MR) is 99.5 cm³/mol. The third-order valence-electron chi connectivity index (χ3n) is 4.11. The number of nitrogens with one attached hydrogen (secondary N) is 1. The number of nitrogens with zero attached hydrogens (tertiary/aromatic N) is 1. The van der Waals surface area contributed by atoms with E-state index in [2.05, 4.69) is 10.3 Å². The Kier molecular flexibility index (Phi) is 5.73. The van der Waals surface area contributed by atoms with Crippen molar-refractivity contribution < 1.29 is 31.5 Å². The molecule has 0 aliphatic heterocycles. The summed E-state index contributed by atoms with van der Waals surface area (Å²) in [6.07, 6.45) is -3.61. The van der Waals surface area contributed by atoms with Crippen LogP contribution in [0.5, 0.6) is 11.5 Å². The summed E-state index contributed by atoms with van der Waals surface area (Å²) >= 11 is 0. The predicted octanol–water partition coefficient (Wildman–Crippen LogP) is 6.04. The molecule has 9 heteroatoms. The maximum atomic E-state index is 14.1. The highest BCUT2D eigenvalue weighted by Gasteiger charge is 2.36. The first-order valence-corrected chi connectivity index (χ1v) is 8.64. The molecule has 0 spiro atoms. The molecule has 1 heterocycles. The highest BCUT2D eigenvalue weighted by atomic mass is 19.4. The van der Waals surface area contributed by atoms with Crippen LogP contribution in [0.4, 0.5) is 27.6 Å². The van der Waals surface area contributed by atoms with Crippen molar-refractivity contribution in [1.82, 2.24) is 4.98 Å². The molecule has 0 atom stereocenters. The molecular weight excluding hydrogens is 407 g/mol. The van der Waals surface area contributed by atoms with Crippen LogP contribution in [-0.4, -0.2) is 10.9 Å². The van der Waals surface area contributed by atoms with Gasteiger partial charge in [-0.05, 0) is 61.4 Å². The molecule has 3 rings (SSSR count). The van der Waals surface area contributed by atoms with Crippen LogP contribution in [-0.2, 0) is 6.18 Å². The van der Waals surface area contributed by atoms with Crippen molar-refractivity contribution in [3.63, 3.8) is 0 Å². The van der Waals surface area contributed by atoms with E-state index >= 15 is 0 Å². The molecule has 3 aromatic rings. The molecule has 0 bridgehead atoms. The number of aromatic nitrogens is 1. The lowest BCUT2D eigenvalue weighted by Crippen LogP contribution is -2.16. The van der Waals surface area contributed by atoms with Gasteiger partial charge in [0.25, 0.3) is 5.91 Å². The van der Waals surface area contributed by atoms with Gasteiger partial charge >= 0.3 is 6.18 Å².